The predicted octanol–water partition coefficient (Wildman–Crippen LogP) is 1.01. The van der Waals surface area contributed by atoms with Crippen LogP contribution >= 0.6 is 0 Å². The molecule has 0 radical (unpaired) electrons. The first-order chi connectivity index (χ1) is 8.69. The molecule has 4 N–H and O–H groups in total. The number of aryl methyl sites for hydroxylation is 1. The van der Waals surface area contributed by atoms with Gasteiger partial charge in [-0.15, -0.1) is 0 Å². The second-order valence-electron chi connectivity index (χ2n) is 5.37. The average Bonchev–Trinajstić information content (AvgIpc) is 2.20. The first-order valence-electron chi connectivity index (χ1n) is 6.07. The van der Waals surface area contributed by atoms with Crippen LogP contribution in [-0.4, -0.2) is 22.5 Å². The Morgan fingerprint density at radius 2 is 2.00 bits per heavy atom. The number of phenolic OH excluding ortho intramolecular Hbond substituents is 1. The molecule has 1 rings (SSSR count). The Kier molecular flexibility index (Phi) is 4.53. The highest BCUT2D eigenvalue weighted by Gasteiger charge is 2.21. The Morgan fingerprint density at radius 1 is 1.37 bits per heavy atom. The van der Waals surface area contributed by atoms with Crippen molar-refractivity contribution in [2.45, 2.75) is 39.2 Å². The Hall–Kier alpha value is -2.04. The van der Waals surface area contributed by atoms with Crippen LogP contribution in [0.3, 0.4) is 0 Å². The summed E-state index contributed by atoms with van der Waals surface area (Å²) in [5.74, 6) is -0.777. The minimum atomic E-state index is -0.645. The van der Waals surface area contributed by atoms with Gasteiger partial charge in [0.25, 0.3) is 0 Å². The first kappa shape index (κ1) is 15.0. The van der Waals surface area contributed by atoms with E-state index >= 15 is 0 Å². The number of aromatic hydroxyl groups is 1. The maximum atomic E-state index is 11.5. The normalized spacial score (nSPS) is 11.1. The number of amides is 2. The Labute approximate surface area is 112 Å². The van der Waals surface area contributed by atoms with E-state index in [0.717, 1.165) is 11.1 Å². The van der Waals surface area contributed by atoms with Crippen LogP contribution in [0.15, 0.2) is 18.2 Å². The topological polar surface area (TPSA) is 92.4 Å². The molecule has 1 aromatic rings. The zero-order valence-corrected chi connectivity index (χ0v) is 11.5. The van der Waals surface area contributed by atoms with Crippen molar-refractivity contribution >= 4 is 11.8 Å². The Morgan fingerprint density at radius 3 is 2.53 bits per heavy atom. The van der Waals surface area contributed by atoms with E-state index in [-0.39, 0.29) is 18.1 Å². The summed E-state index contributed by atoms with van der Waals surface area (Å²) in [4.78, 5) is 22.2. The van der Waals surface area contributed by atoms with Gasteiger partial charge in [-0.3, -0.25) is 9.59 Å². The molecule has 0 spiro atoms. The summed E-state index contributed by atoms with van der Waals surface area (Å²) in [6.07, 6.45) is 0.288. The van der Waals surface area contributed by atoms with Crippen LogP contribution < -0.4 is 11.1 Å². The smallest absolute Gasteiger partial charge is 0.229 e. The van der Waals surface area contributed by atoms with Crippen LogP contribution in [0.1, 0.15) is 31.4 Å². The van der Waals surface area contributed by atoms with Gasteiger partial charge in [0.05, 0.1) is 0 Å². The van der Waals surface area contributed by atoms with E-state index in [1.165, 1.54) is 0 Å². The summed E-state index contributed by atoms with van der Waals surface area (Å²) in [5.41, 5.74) is 6.27. The number of phenols is 1. The summed E-state index contributed by atoms with van der Waals surface area (Å²) in [6, 6.07) is 5.31. The van der Waals surface area contributed by atoms with Crippen LogP contribution in [-0.2, 0) is 16.0 Å². The summed E-state index contributed by atoms with van der Waals surface area (Å²) in [7, 11) is 0. The van der Waals surface area contributed by atoms with Gasteiger partial charge >= 0.3 is 0 Å². The maximum Gasteiger partial charge on any atom is 0.229 e. The largest absolute Gasteiger partial charge is 0.508 e. The third-order valence-corrected chi connectivity index (χ3v) is 2.72. The minimum absolute atomic E-state index is 0.249. The van der Waals surface area contributed by atoms with E-state index in [0.29, 0.717) is 6.42 Å². The number of carbonyl (C=O) groups is 2. The zero-order valence-electron chi connectivity index (χ0n) is 11.5. The second kappa shape index (κ2) is 5.73. The highest BCUT2D eigenvalue weighted by atomic mass is 16.3. The predicted molar refractivity (Wildman–Crippen MR) is 72.6 cm³/mol. The van der Waals surface area contributed by atoms with E-state index in [9.17, 15) is 14.7 Å². The molecule has 0 aliphatic heterocycles. The van der Waals surface area contributed by atoms with Gasteiger partial charge in [0.2, 0.25) is 11.8 Å². The Bertz CT molecular complexity index is 495. The molecule has 0 atom stereocenters. The summed E-state index contributed by atoms with van der Waals surface area (Å²) in [5, 5.41) is 12.2. The van der Waals surface area contributed by atoms with E-state index in [4.69, 9.17) is 5.73 Å². The van der Waals surface area contributed by atoms with Gasteiger partial charge in [-0.25, -0.2) is 0 Å². The monoisotopic (exact) mass is 264 g/mol. The lowest BCUT2D eigenvalue weighted by Gasteiger charge is -2.26. The maximum absolute atomic E-state index is 11.5. The van der Waals surface area contributed by atoms with Crippen molar-refractivity contribution in [3.63, 3.8) is 0 Å². The lowest BCUT2D eigenvalue weighted by atomic mass is 9.93. The molecule has 0 saturated carbocycles. The van der Waals surface area contributed by atoms with Gasteiger partial charge in [-0.2, -0.15) is 0 Å². The number of nitrogens with one attached hydrogen (secondary N) is 1. The number of nitrogens with two attached hydrogens (primary N) is 1. The molecule has 104 valence electrons. The van der Waals surface area contributed by atoms with Crippen molar-refractivity contribution in [3.8, 4) is 5.75 Å². The molecule has 0 fully saturated rings. The van der Waals surface area contributed by atoms with Crippen LogP contribution in [0.5, 0.6) is 5.75 Å². The average molecular weight is 264 g/mol. The first-order valence-corrected chi connectivity index (χ1v) is 6.07. The SMILES string of the molecule is Cc1cc(CC(C)(C)NC(=O)CC(N)=O)ccc1O. The van der Waals surface area contributed by atoms with Gasteiger partial charge in [0.1, 0.15) is 12.2 Å². The molecule has 19 heavy (non-hydrogen) atoms. The van der Waals surface area contributed by atoms with Gasteiger partial charge in [-0.1, -0.05) is 12.1 Å². The molecule has 5 heteroatoms. The third-order valence-electron chi connectivity index (χ3n) is 2.72. The number of primary amides is 1. The zero-order chi connectivity index (χ0) is 14.6. The fraction of sp³-hybridized carbons (Fsp3) is 0.429. The fourth-order valence-electron chi connectivity index (χ4n) is 1.96. The van der Waals surface area contributed by atoms with Crippen LogP contribution in [0.4, 0.5) is 0 Å². The number of carbonyl (C=O) groups excluding carboxylic acids is 2. The number of hydrogen-bond acceptors (Lipinski definition) is 3. The number of rotatable bonds is 5. The van der Waals surface area contributed by atoms with Crippen molar-refractivity contribution < 1.29 is 14.7 Å². The third kappa shape index (κ3) is 4.99. The van der Waals surface area contributed by atoms with Crippen LogP contribution in [0.2, 0.25) is 0 Å². The molecule has 2 amide bonds. The van der Waals surface area contributed by atoms with Crippen LogP contribution in [0.25, 0.3) is 0 Å². The van der Waals surface area contributed by atoms with E-state index in [2.05, 4.69) is 5.32 Å². The molecule has 0 aromatic heterocycles. The van der Waals surface area contributed by atoms with Gasteiger partial charge in [0.15, 0.2) is 0 Å². The lowest BCUT2D eigenvalue weighted by molar-refractivity contribution is -0.128. The van der Waals surface area contributed by atoms with E-state index < -0.39 is 11.4 Å². The quantitative estimate of drug-likeness (QED) is 0.693. The molecule has 0 aliphatic rings. The van der Waals surface area contributed by atoms with Gasteiger partial charge in [0, 0.05) is 5.54 Å². The van der Waals surface area contributed by atoms with Gasteiger partial charge < -0.3 is 16.2 Å². The molecule has 1 aromatic carbocycles. The summed E-state index contributed by atoms with van der Waals surface area (Å²) < 4.78 is 0. The molecular formula is C14H20N2O3. The molecule has 0 heterocycles. The minimum Gasteiger partial charge on any atom is -0.508 e. The number of benzene rings is 1. The van der Waals surface area contributed by atoms with E-state index in [1.807, 2.05) is 32.9 Å². The van der Waals surface area contributed by atoms with Crippen molar-refractivity contribution in [2.24, 2.45) is 5.73 Å². The highest BCUT2D eigenvalue weighted by molar-refractivity contribution is 5.96. The summed E-state index contributed by atoms with van der Waals surface area (Å²) >= 11 is 0. The Balaban J connectivity index is 2.70. The van der Waals surface area contributed by atoms with Crippen molar-refractivity contribution in [3.05, 3.63) is 29.3 Å². The summed E-state index contributed by atoms with van der Waals surface area (Å²) in [6.45, 7) is 5.56. The van der Waals surface area contributed by atoms with Crippen LogP contribution in [0, 0.1) is 6.92 Å². The lowest BCUT2D eigenvalue weighted by Crippen LogP contribution is -2.46. The molecule has 0 bridgehead atoms. The fourth-order valence-corrected chi connectivity index (χ4v) is 1.96. The van der Waals surface area contributed by atoms with Crippen molar-refractivity contribution in [2.75, 3.05) is 0 Å². The molecule has 0 saturated heterocycles. The van der Waals surface area contributed by atoms with Gasteiger partial charge in [-0.05, 0) is 44.4 Å². The number of hydrogen-bond donors (Lipinski definition) is 3. The highest BCUT2D eigenvalue weighted by Crippen LogP contribution is 2.20. The van der Waals surface area contributed by atoms with E-state index in [1.54, 1.807) is 6.07 Å². The molecule has 0 aliphatic carbocycles. The van der Waals surface area contributed by atoms with Crippen molar-refractivity contribution in [1.29, 1.82) is 0 Å². The second-order valence-corrected chi connectivity index (χ2v) is 5.37. The molecule has 0 unspecified atom stereocenters. The standard InChI is InChI=1S/C14H20N2O3/c1-9-6-10(4-5-11(9)17)8-14(2,3)16-13(19)7-12(15)18/h4-6,17H,7-8H2,1-3H3,(H2,15,18)(H,16,19). The molecular weight excluding hydrogens is 244 g/mol. The van der Waals surface area contributed by atoms with Crippen molar-refractivity contribution in [1.82, 2.24) is 5.32 Å². The molecule has 5 nitrogen and oxygen atoms in total.